The molecule has 1 aromatic carbocycles. The molecule has 4 rings (SSSR count). The minimum atomic E-state index is -0.237. The summed E-state index contributed by atoms with van der Waals surface area (Å²) in [5.41, 5.74) is 5.32. The van der Waals surface area contributed by atoms with Crippen molar-refractivity contribution in [2.24, 2.45) is 0 Å². The zero-order valence-electron chi connectivity index (χ0n) is 20.7. The van der Waals surface area contributed by atoms with Gasteiger partial charge in [-0.2, -0.15) is 0 Å². The van der Waals surface area contributed by atoms with Gasteiger partial charge in [0.25, 0.3) is 0 Å². The predicted molar refractivity (Wildman–Crippen MR) is 136 cm³/mol. The third kappa shape index (κ3) is 5.28. The monoisotopic (exact) mass is 472 g/mol. The van der Waals surface area contributed by atoms with Crippen LogP contribution in [0.3, 0.4) is 0 Å². The van der Waals surface area contributed by atoms with Crippen molar-refractivity contribution >= 4 is 28.5 Å². The number of rotatable bonds is 8. The summed E-state index contributed by atoms with van der Waals surface area (Å²) in [5.74, 6) is -0.240. The maximum absolute atomic E-state index is 13.5. The highest BCUT2D eigenvalue weighted by Gasteiger charge is 2.25. The van der Waals surface area contributed by atoms with Crippen LogP contribution in [0.1, 0.15) is 67.1 Å². The molecule has 1 aliphatic rings. The normalized spacial score (nSPS) is 15.0. The highest BCUT2D eigenvalue weighted by atomic mass is 16.5. The summed E-state index contributed by atoms with van der Waals surface area (Å²) in [7, 11) is 0. The van der Waals surface area contributed by atoms with Crippen molar-refractivity contribution in [1.29, 1.82) is 0 Å². The molecule has 1 unspecified atom stereocenters. The first-order chi connectivity index (χ1) is 16.9. The topological polar surface area (TPSA) is 68.8 Å². The molecule has 0 radical (unpaired) electrons. The number of piperidine rings is 1. The van der Waals surface area contributed by atoms with Crippen LogP contribution >= 0.6 is 0 Å². The number of ketones is 1. The van der Waals surface area contributed by atoms with E-state index < -0.39 is 0 Å². The van der Waals surface area contributed by atoms with Crippen LogP contribution in [0.2, 0.25) is 0 Å². The van der Waals surface area contributed by atoms with Crippen LogP contribution in [0.25, 0.3) is 21.6 Å². The van der Waals surface area contributed by atoms with E-state index >= 15 is 0 Å². The van der Waals surface area contributed by atoms with Crippen molar-refractivity contribution in [3.8, 4) is 5.69 Å². The van der Waals surface area contributed by atoms with Gasteiger partial charge in [0.05, 0.1) is 42.7 Å². The fourth-order valence-electron chi connectivity index (χ4n) is 4.90. The quantitative estimate of drug-likeness (QED) is 0.242. The van der Waals surface area contributed by atoms with E-state index in [1.54, 1.807) is 25.3 Å². The zero-order valence-corrected chi connectivity index (χ0v) is 20.7. The van der Waals surface area contributed by atoms with Crippen LogP contribution in [0.5, 0.6) is 0 Å². The SMILES string of the molecule is [C-]#[N+]c1ccc(-n2c(C)c(C(=O)CN3CCCCC3)c3ncc(C(C)CC(=O)OCC)cc32)cc1. The van der Waals surface area contributed by atoms with E-state index in [4.69, 9.17) is 16.3 Å². The van der Waals surface area contributed by atoms with Crippen molar-refractivity contribution in [3.63, 3.8) is 0 Å². The first kappa shape index (κ1) is 24.6. The number of pyridine rings is 1. The Morgan fingerprint density at radius 1 is 1.17 bits per heavy atom. The summed E-state index contributed by atoms with van der Waals surface area (Å²) in [6.45, 7) is 15.6. The number of aromatic nitrogens is 2. The largest absolute Gasteiger partial charge is 0.466 e. The van der Waals surface area contributed by atoms with E-state index in [-0.39, 0.29) is 24.1 Å². The first-order valence-electron chi connectivity index (χ1n) is 12.3. The van der Waals surface area contributed by atoms with Crippen LogP contribution in [0, 0.1) is 13.5 Å². The number of carbonyl (C=O) groups is 2. The van der Waals surface area contributed by atoms with Gasteiger partial charge in [-0.05, 0) is 69.5 Å². The number of hydrogen-bond donors (Lipinski definition) is 0. The van der Waals surface area contributed by atoms with Gasteiger partial charge in [-0.3, -0.25) is 19.5 Å². The molecule has 2 aromatic heterocycles. The Morgan fingerprint density at radius 3 is 2.54 bits per heavy atom. The van der Waals surface area contributed by atoms with Gasteiger partial charge in [0, 0.05) is 17.6 Å². The Labute approximate surface area is 206 Å². The minimum Gasteiger partial charge on any atom is -0.466 e. The van der Waals surface area contributed by atoms with Crippen LogP contribution in [0.15, 0.2) is 36.5 Å². The summed E-state index contributed by atoms with van der Waals surface area (Å²) < 4.78 is 7.17. The van der Waals surface area contributed by atoms with E-state index in [0.29, 0.717) is 29.9 Å². The fraction of sp³-hybridized carbons (Fsp3) is 0.429. The molecule has 1 atom stereocenters. The lowest BCUT2D eigenvalue weighted by Crippen LogP contribution is -2.34. The highest BCUT2D eigenvalue weighted by Crippen LogP contribution is 2.32. The average molecular weight is 473 g/mol. The predicted octanol–water partition coefficient (Wildman–Crippen LogP) is 5.61. The molecule has 1 fully saturated rings. The summed E-state index contributed by atoms with van der Waals surface area (Å²) in [5, 5.41) is 0. The van der Waals surface area contributed by atoms with E-state index in [2.05, 4.69) is 9.74 Å². The standard InChI is InChI=1S/C28H32N4O3/c1-5-35-26(34)15-19(2)21-16-24-28(30-17-21)27(25(33)18-31-13-7-6-8-14-31)20(3)32(24)23-11-9-22(29-4)10-12-23/h9-12,16-17,19H,5-8,13-15,18H2,1-3H3. The van der Waals surface area contributed by atoms with Crippen molar-refractivity contribution in [2.75, 3.05) is 26.2 Å². The number of esters is 1. The van der Waals surface area contributed by atoms with Crippen LogP contribution in [-0.4, -0.2) is 52.4 Å². The van der Waals surface area contributed by atoms with Gasteiger partial charge in [-0.25, -0.2) is 4.85 Å². The smallest absolute Gasteiger partial charge is 0.306 e. The molecule has 0 N–H and O–H groups in total. The average Bonchev–Trinajstić information content (AvgIpc) is 3.15. The number of carbonyl (C=O) groups excluding carboxylic acids is 2. The Hall–Kier alpha value is -3.50. The van der Waals surface area contributed by atoms with Gasteiger partial charge in [0.2, 0.25) is 0 Å². The minimum absolute atomic E-state index is 0.0748. The second-order valence-corrected chi connectivity index (χ2v) is 9.23. The maximum atomic E-state index is 13.5. The third-order valence-corrected chi connectivity index (χ3v) is 6.74. The van der Waals surface area contributed by atoms with Gasteiger partial charge < -0.3 is 9.30 Å². The van der Waals surface area contributed by atoms with Crippen molar-refractivity contribution in [2.45, 2.75) is 52.4 Å². The van der Waals surface area contributed by atoms with Crippen molar-refractivity contribution in [3.05, 3.63) is 64.8 Å². The van der Waals surface area contributed by atoms with Crippen LogP contribution < -0.4 is 0 Å². The van der Waals surface area contributed by atoms with E-state index in [1.807, 2.05) is 36.6 Å². The van der Waals surface area contributed by atoms with Gasteiger partial charge >= 0.3 is 5.97 Å². The molecule has 35 heavy (non-hydrogen) atoms. The molecule has 182 valence electrons. The Balaban J connectivity index is 1.78. The molecule has 1 saturated heterocycles. The zero-order chi connectivity index (χ0) is 24.9. The Kier molecular flexibility index (Phi) is 7.62. The van der Waals surface area contributed by atoms with Crippen molar-refractivity contribution < 1.29 is 14.3 Å². The maximum Gasteiger partial charge on any atom is 0.306 e. The molecule has 0 bridgehead atoms. The second-order valence-electron chi connectivity index (χ2n) is 9.23. The van der Waals surface area contributed by atoms with E-state index in [0.717, 1.165) is 48.4 Å². The molecule has 0 aliphatic carbocycles. The number of hydrogen-bond acceptors (Lipinski definition) is 5. The van der Waals surface area contributed by atoms with Gasteiger partial charge in [0.1, 0.15) is 0 Å². The van der Waals surface area contributed by atoms with Crippen LogP contribution in [0.4, 0.5) is 5.69 Å². The second kappa shape index (κ2) is 10.8. The number of fused-ring (bicyclic) bond motifs is 1. The molecule has 0 amide bonds. The highest BCUT2D eigenvalue weighted by molar-refractivity contribution is 6.09. The Bertz CT molecular complexity index is 1260. The summed E-state index contributed by atoms with van der Waals surface area (Å²) in [4.78, 5) is 36.1. The molecule has 7 heteroatoms. The summed E-state index contributed by atoms with van der Waals surface area (Å²) >= 11 is 0. The molecular weight excluding hydrogens is 440 g/mol. The first-order valence-corrected chi connectivity index (χ1v) is 12.3. The van der Waals surface area contributed by atoms with E-state index in [9.17, 15) is 9.59 Å². The summed E-state index contributed by atoms with van der Waals surface area (Å²) in [6, 6.07) is 9.38. The number of Topliss-reactive ketones (excluding diaryl/α,β-unsaturated/α-hetero) is 1. The van der Waals surface area contributed by atoms with Gasteiger partial charge in [0.15, 0.2) is 11.5 Å². The molecule has 0 saturated carbocycles. The van der Waals surface area contributed by atoms with Gasteiger partial charge in [-0.1, -0.05) is 25.5 Å². The summed E-state index contributed by atoms with van der Waals surface area (Å²) in [6.07, 6.45) is 5.51. The fourth-order valence-corrected chi connectivity index (χ4v) is 4.90. The molecule has 3 heterocycles. The van der Waals surface area contributed by atoms with Gasteiger partial charge in [-0.15, -0.1) is 0 Å². The number of ether oxygens (including phenoxy) is 1. The lowest BCUT2D eigenvalue weighted by molar-refractivity contribution is -0.143. The third-order valence-electron chi connectivity index (χ3n) is 6.74. The lowest BCUT2D eigenvalue weighted by Gasteiger charge is -2.25. The molecule has 1 aliphatic heterocycles. The molecule has 7 nitrogen and oxygen atoms in total. The van der Waals surface area contributed by atoms with Crippen LogP contribution in [-0.2, 0) is 9.53 Å². The number of nitrogens with zero attached hydrogens (tertiary/aromatic N) is 4. The van der Waals surface area contributed by atoms with E-state index in [1.165, 1.54) is 6.42 Å². The lowest BCUT2D eigenvalue weighted by atomic mass is 9.99. The Morgan fingerprint density at radius 2 is 1.89 bits per heavy atom. The number of likely N-dealkylation sites (tertiary alicyclic amines) is 1. The molecule has 3 aromatic rings. The van der Waals surface area contributed by atoms with Crippen molar-refractivity contribution in [1.82, 2.24) is 14.5 Å². The molecular formula is C28H32N4O3. The molecule has 0 spiro atoms. The number of benzene rings is 1.